The van der Waals surface area contributed by atoms with Crippen molar-refractivity contribution < 1.29 is 28.6 Å². The van der Waals surface area contributed by atoms with Crippen LogP contribution in [0.2, 0.25) is 0 Å². The largest absolute Gasteiger partial charge is 0.528 e. The molecule has 1 unspecified atom stereocenters. The van der Waals surface area contributed by atoms with Crippen LogP contribution in [0.5, 0.6) is 11.6 Å². The van der Waals surface area contributed by atoms with Gasteiger partial charge in [-0.3, -0.25) is 0 Å². The van der Waals surface area contributed by atoms with Crippen LogP contribution in [0, 0.1) is 0 Å². The zero-order chi connectivity index (χ0) is 33.3. The van der Waals surface area contributed by atoms with E-state index in [1.807, 2.05) is 65.0 Å². The lowest BCUT2D eigenvalue weighted by molar-refractivity contribution is -0.0453. The normalized spacial score (nSPS) is 19.9. The second kappa shape index (κ2) is 13.3. The molecule has 0 spiro atoms. The molecule has 5 aromatic rings. The zero-order valence-corrected chi connectivity index (χ0v) is 27.5. The molecule has 48 heavy (non-hydrogen) atoms. The maximum Gasteiger partial charge on any atom is 0.528 e. The number of ether oxygens (including phenoxy) is 4. The van der Waals surface area contributed by atoms with Crippen molar-refractivity contribution in [2.24, 2.45) is 0 Å². The number of hydroxylamine groups is 1. The first-order chi connectivity index (χ1) is 23.3. The molecule has 2 aliphatic heterocycles. The maximum atomic E-state index is 12.3. The van der Waals surface area contributed by atoms with Gasteiger partial charge in [-0.2, -0.15) is 5.10 Å². The number of anilines is 1. The van der Waals surface area contributed by atoms with Crippen molar-refractivity contribution in [3.05, 3.63) is 61.2 Å². The molecule has 0 bridgehead atoms. The summed E-state index contributed by atoms with van der Waals surface area (Å²) in [4.78, 5) is 28.8. The maximum absolute atomic E-state index is 12.3. The Bertz CT molecular complexity index is 1860. The van der Waals surface area contributed by atoms with Gasteiger partial charge >= 0.3 is 6.16 Å². The summed E-state index contributed by atoms with van der Waals surface area (Å²) in [6, 6.07) is 11.1. The molecule has 3 atom stereocenters. The summed E-state index contributed by atoms with van der Waals surface area (Å²) < 4.78 is 27.2. The highest BCUT2D eigenvalue weighted by atomic mass is 16.8. The second-order valence-electron chi connectivity index (χ2n) is 12.9. The number of carbonyl (C=O) groups is 1. The molecular weight excluding hydrogens is 616 g/mol. The van der Waals surface area contributed by atoms with Crippen molar-refractivity contribution in [2.75, 3.05) is 31.2 Å². The van der Waals surface area contributed by atoms with Gasteiger partial charge in [0.15, 0.2) is 11.9 Å². The van der Waals surface area contributed by atoms with Crippen LogP contribution in [-0.4, -0.2) is 79.6 Å². The van der Waals surface area contributed by atoms with Crippen LogP contribution in [0.3, 0.4) is 0 Å². The van der Waals surface area contributed by atoms with Crippen LogP contribution in [0.4, 0.5) is 10.6 Å². The molecule has 0 aliphatic carbocycles. The van der Waals surface area contributed by atoms with Gasteiger partial charge in [-0.15, -0.1) is 10.6 Å². The van der Waals surface area contributed by atoms with Crippen molar-refractivity contribution >= 4 is 28.5 Å². The molecule has 0 aromatic carbocycles. The molecule has 2 saturated heterocycles. The molecule has 0 radical (unpaired) electrons. The minimum atomic E-state index is -0.814. The number of hydrogen-bond donors (Lipinski definition) is 1. The molecule has 252 valence electrons. The van der Waals surface area contributed by atoms with Gasteiger partial charge in [0.25, 0.3) is 0 Å². The van der Waals surface area contributed by atoms with Crippen LogP contribution in [0.25, 0.3) is 27.7 Å². The van der Waals surface area contributed by atoms with Crippen LogP contribution in [0.1, 0.15) is 53.2 Å². The molecule has 2 fully saturated rings. The summed E-state index contributed by atoms with van der Waals surface area (Å²) in [5.74, 6) is 1.92. The summed E-state index contributed by atoms with van der Waals surface area (Å²) in [6.45, 7) is 9.48. The molecule has 7 rings (SSSR count). The lowest BCUT2D eigenvalue weighted by atomic mass is 10.1. The Labute approximate surface area is 277 Å². The summed E-state index contributed by atoms with van der Waals surface area (Å²) in [5.41, 5.74) is 5.68. The van der Waals surface area contributed by atoms with Crippen molar-refractivity contribution in [1.82, 2.24) is 34.8 Å². The zero-order valence-electron chi connectivity index (χ0n) is 27.5. The van der Waals surface area contributed by atoms with Crippen molar-refractivity contribution in [3.63, 3.8) is 0 Å². The highest BCUT2D eigenvalue weighted by Gasteiger charge is 2.37. The monoisotopic (exact) mass is 656 g/mol. The Morgan fingerprint density at radius 1 is 1.10 bits per heavy atom. The fourth-order valence-electron chi connectivity index (χ4n) is 6.11. The van der Waals surface area contributed by atoms with E-state index in [1.165, 1.54) is 0 Å². The summed E-state index contributed by atoms with van der Waals surface area (Å²) in [6.07, 6.45) is 9.00. The minimum Gasteiger partial charge on any atom is -0.492 e. The minimum absolute atomic E-state index is 0.129. The first-order valence-electron chi connectivity index (χ1n) is 16.3. The SMILES string of the molecule is CCOc1cc(-c2ccc(N3C[C@H](NOC(=O)OC(C)(C)C)[C@@H](Oc4ccccn4)C3)nc2)c2c3cnn(C4CCCCO4)c3nn2c1. The predicted octanol–water partition coefficient (Wildman–Crippen LogP) is 5.33. The first kappa shape index (κ1) is 31.6. The van der Waals surface area contributed by atoms with Gasteiger partial charge < -0.3 is 28.7 Å². The topological polar surface area (TPSA) is 139 Å². The van der Waals surface area contributed by atoms with Gasteiger partial charge in [-0.1, -0.05) is 6.07 Å². The third-order valence-corrected chi connectivity index (χ3v) is 8.23. The molecule has 7 heterocycles. The Hall–Kier alpha value is -4.95. The fourth-order valence-corrected chi connectivity index (χ4v) is 6.11. The van der Waals surface area contributed by atoms with Gasteiger partial charge in [-0.25, -0.2) is 24.0 Å². The number of pyridine rings is 3. The molecule has 1 N–H and O–H groups in total. The average molecular weight is 657 g/mol. The molecule has 0 amide bonds. The Kier molecular flexibility index (Phi) is 8.75. The molecule has 0 saturated carbocycles. The van der Waals surface area contributed by atoms with Crippen LogP contribution in [0.15, 0.2) is 61.2 Å². The third-order valence-electron chi connectivity index (χ3n) is 8.23. The third kappa shape index (κ3) is 6.71. The quantitative estimate of drug-likeness (QED) is 0.162. The average Bonchev–Trinajstić information content (AvgIpc) is 3.77. The van der Waals surface area contributed by atoms with Crippen molar-refractivity contribution in [3.8, 4) is 22.8 Å². The summed E-state index contributed by atoms with van der Waals surface area (Å²) in [7, 11) is 0. The van der Waals surface area contributed by atoms with Gasteiger partial charge in [0.05, 0.1) is 42.5 Å². The van der Waals surface area contributed by atoms with Crippen molar-refractivity contribution in [1.29, 1.82) is 0 Å². The first-order valence-corrected chi connectivity index (χ1v) is 16.3. The summed E-state index contributed by atoms with van der Waals surface area (Å²) >= 11 is 0. The van der Waals surface area contributed by atoms with E-state index >= 15 is 0 Å². The lowest BCUT2D eigenvalue weighted by Gasteiger charge is -2.22. The molecular formula is C34H40N8O6. The molecule has 2 aliphatic rings. The van der Waals surface area contributed by atoms with Gasteiger partial charge in [-0.05, 0) is 71.2 Å². The highest BCUT2D eigenvalue weighted by Crippen LogP contribution is 2.36. The lowest BCUT2D eigenvalue weighted by Crippen LogP contribution is -2.44. The van der Waals surface area contributed by atoms with Crippen LogP contribution < -0.4 is 19.9 Å². The number of nitrogens with one attached hydrogen (secondary N) is 1. The molecule has 14 nitrogen and oxygen atoms in total. The van der Waals surface area contributed by atoms with Gasteiger partial charge in [0.2, 0.25) is 5.88 Å². The van der Waals surface area contributed by atoms with E-state index in [1.54, 1.807) is 33.0 Å². The number of hydrogen-bond acceptors (Lipinski definition) is 12. The number of carbonyl (C=O) groups excluding carboxylic acids is 1. The van der Waals surface area contributed by atoms with Crippen molar-refractivity contribution in [2.45, 2.75) is 70.9 Å². The fraction of sp³-hybridized carbons (Fsp3) is 0.441. The number of nitrogens with zero attached hydrogens (tertiary/aromatic N) is 7. The summed E-state index contributed by atoms with van der Waals surface area (Å²) in [5, 5.41) is 10.5. The van der Waals surface area contributed by atoms with E-state index in [4.69, 9.17) is 33.9 Å². The van der Waals surface area contributed by atoms with Gasteiger partial charge in [0, 0.05) is 42.7 Å². The van der Waals surface area contributed by atoms with E-state index in [2.05, 4.69) is 20.5 Å². The smallest absolute Gasteiger partial charge is 0.492 e. The van der Waals surface area contributed by atoms with E-state index in [-0.39, 0.29) is 12.3 Å². The Balaban J connectivity index is 1.16. The molecule has 14 heteroatoms. The van der Waals surface area contributed by atoms with E-state index in [0.29, 0.717) is 31.3 Å². The van der Waals surface area contributed by atoms with E-state index in [9.17, 15) is 4.79 Å². The number of aromatic nitrogens is 6. The Morgan fingerprint density at radius 2 is 2.00 bits per heavy atom. The molecule has 5 aromatic heterocycles. The van der Waals surface area contributed by atoms with Gasteiger partial charge in [0.1, 0.15) is 23.3 Å². The predicted molar refractivity (Wildman–Crippen MR) is 177 cm³/mol. The standard InChI is InChI=1S/C34H40N8O6/c1-5-44-23-16-24(31-25-18-37-42(30-11-7-9-15-45-30)32(25)38-41(31)19-23)22-12-13-28(36-17-22)40-20-26(39-48-33(43)47-34(2,3)4)27(21-40)46-29-10-6-8-14-35-29/h6,8,10,12-14,16-19,26-27,30,39H,5,7,9,11,15,20-21H2,1-4H3/t26-,27-,30?/m0/s1. The Morgan fingerprint density at radius 3 is 2.73 bits per heavy atom. The van der Waals surface area contributed by atoms with E-state index in [0.717, 1.165) is 59.4 Å². The number of rotatable bonds is 9. The number of fused-ring (bicyclic) bond motifs is 3. The van der Waals surface area contributed by atoms with E-state index < -0.39 is 17.9 Å². The van der Waals surface area contributed by atoms with Crippen LogP contribution >= 0.6 is 0 Å². The van der Waals surface area contributed by atoms with Crippen LogP contribution in [-0.2, 0) is 14.3 Å². The second-order valence-corrected chi connectivity index (χ2v) is 12.9. The highest BCUT2D eigenvalue weighted by molar-refractivity contribution is 6.01.